The third-order valence-corrected chi connectivity index (χ3v) is 13.0. The Kier molecular flexibility index (Phi) is 16.8. The smallest absolute Gasteiger partial charge is 0.305 e. The van der Waals surface area contributed by atoms with Gasteiger partial charge in [0.1, 0.15) is 12.1 Å². The zero-order valence-electron chi connectivity index (χ0n) is 41.2. The first kappa shape index (κ1) is 51.9. The summed E-state index contributed by atoms with van der Waals surface area (Å²) < 4.78 is 8.70. The van der Waals surface area contributed by atoms with Gasteiger partial charge in [0.25, 0.3) is 11.1 Å². The van der Waals surface area contributed by atoms with Gasteiger partial charge in [0.2, 0.25) is 11.8 Å². The number of benzene rings is 4. The first-order valence-corrected chi connectivity index (χ1v) is 24.3. The topological polar surface area (TPSA) is 226 Å². The molecule has 4 aromatic carbocycles. The van der Waals surface area contributed by atoms with Crippen molar-refractivity contribution < 1.29 is 34.1 Å². The van der Waals surface area contributed by atoms with Crippen LogP contribution < -0.4 is 26.7 Å². The quantitative estimate of drug-likeness (QED) is 0.0578. The number of morpholine rings is 1. The first-order valence-electron chi connectivity index (χ1n) is 24.3. The fourth-order valence-electron chi connectivity index (χ4n) is 9.47. The molecular weight excluding hydrogens is 915 g/mol. The third-order valence-electron chi connectivity index (χ3n) is 13.0. The SMILES string of the molecule is Cc1ccn([C@@H](CC(C)C)C(=O)N[C@@H](CC(=O)O)c2cccc(N3CCOC[C@@H]3Cc3ccc4ncn([C@@H](CC(C)C)C(=O)N[C@@H](CC(=O)O)c5cccc(-c6ccccc6C#N)c5)c(=O)c4c3)c2)c(=O)c1. The molecule has 374 valence electrons. The van der Waals surface area contributed by atoms with Crippen LogP contribution in [-0.2, 0) is 30.3 Å². The number of aryl methyl sites for hydroxylation is 1. The second-order valence-corrected chi connectivity index (χ2v) is 19.4. The van der Waals surface area contributed by atoms with Gasteiger partial charge in [0.05, 0.1) is 73.0 Å². The number of aliphatic carboxylic acids is 2. The monoisotopic (exact) mass is 975 g/mol. The zero-order valence-corrected chi connectivity index (χ0v) is 41.2. The predicted molar refractivity (Wildman–Crippen MR) is 273 cm³/mol. The number of carbonyl (C=O) groups is 4. The number of fused-ring (bicyclic) bond motifs is 1. The molecule has 7 rings (SSSR count). The van der Waals surface area contributed by atoms with Crippen molar-refractivity contribution >= 4 is 40.3 Å². The Morgan fingerprint density at radius 2 is 1.42 bits per heavy atom. The second kappa shape index (κ2) is 23.3. The van der Waals surface area contributed by atoms with Gasteiger partial charge in [-0.05, 0) is 114 Å². The maximum atomic E-state index is 14.5. The Hall–Kier alpha value is -7.90. The molecule has 0 bridgehead atoms. The summed E-state index contributed by atoms with van der Waals surface area (Å²) in [5, 5.41) is 35.9. The molecule has 16 heteroatoms. The van der Waals surface area contributed by atoms with Gasteiger partial charge in [-0.2, -0.15) is 5.26 Å². The van der Waals surface area contributed by atoms with Crippen molar-refractivity contribution in [2.75, 3.05) is 24.7 Å². The molecule has 16 nitrogen and oxygen atoms in total. The van der Waals surface area contributed by atoms with Crippen LogP contribution in [0.5, 0.6) is 0 Å². The van der Waals surface area contributed by atoms with Crippen molar-refractivity contribution in [3.8, 4) is 17.2 Å². The lowest BCUT2D eigenvalue weighted by molar-refractivity contribution is -0.139. The minimum absolute atomic E-state index is 0.0450. The third kappa shape index (κ3) is 12.7. The van der Waals surface area contributed by atoms with Crippen LogP contribution in [0.4, 0.5) is 5.69 Å². The van der Waals surface area contributed by atoms with Gasteiger partial charge < -0.3 is 35.1 Å². The van der Waals surface area contributed by atoms with E-state index >= 15 is 0 Å². The number of rotatable bonds is 20. The standard InChI is InChI=1S/C56H61N7O9/c1-34(2)22-49(62-19-18-36(5)24-51(62)64)54(69)60-48(30-53(67)68)40-13-9-14-42(28-40)61-20-21-72-32-43(61)25-37-16-17-46-45(26-37)56(71)63(33-58-46)50(23-35(3)4)55(70)59-47(29-52(65)66)39-12-8-11-38(27-39)44-15-7-6-10-41(44)31-57/h6-19,24,26-28,33-35,43,47-50H,20-23,25,29-30,32H2,1-5H3,(H,59,70)(H,60,69)(H,65,66)(H,67,68)/t43-,47-,48-,49-,50-/m0/s1. The molecule has 0 radical (unpaired) electrons. The fraction of sp³-hybridized carbons (Fsp3) is 0.357. The Morgan fingerprint density at radius 1 is 0.778 bits per heavy atom. The van der Waals surface area contributed by atoms with Crippen molar-refractivity contribution in [1.82, 2.24) is 24.8 Å². The predicted octanol–water partition coefficient (Wildman–Crippen LogP) is 7.69. The highest BCUT2D eigenvalue weighted by atomic mass is 16.5. The van der Waals surface area contributed by atoms with E-state index in [-0.39, 0.29) is 29.9 Å². The summed E-state index contributed by atoms with van der Waals surface area (Å²) in [6, 6.07) is 28.4. The Balaban J connectivity index is 1.14. The number of nitrogens with zero attached hydrogens (tertiary/aromatic N) is 5. The summed E-state index contributed by atoms with van der Waals surface area (Å²) in [6.07, 6.45) is 3.20. The highest BCUT2D eigenvalue weighted by molar-refractivity contribution is 5.84. The van der Waals surface area contributed by atoms with E-state index in [2.05, 4.69) is 26.6 Å². The summed E-state index contributed by atoms with van der Waals surface area (Å²) in [7, 11) is 0. The van der Waals surface area contributed by atoms with Crippen LogP contribution in [0.2, 0.25) is 0 Å². The van der Waals surface area contributed by atoms with Crippen molar-refractivity contribution in [3.63, 3.8) is 0 Å². The maximum absolute atomic E-state index is 14.5. The summed E-state index contributed by atoms with van der Waals surface area (Å²) in [4.78, 5) is 87.2. The van der Waals surface area contributed by atoms with Crippen molar-refractivity contribution in [2.45, 2.75) is 96.9 Å². The molecule has 1 fully saturated rings. The second-order valence-electron chi connectivity index (χ2n) is 19.4. The largest absolute Gasteiger partial charge is 0.481 e. The Morgan fingerprint density at radius 3 is 2.06 bits per heavy atom. The minimum atomic E-state index is -1.13. The molecule has 72 heavy (non-hydrogen) atoms. The summed E-state index contributed by atoms with van der Waals surface area (Å²) in [5.74, 6) is -3.23. The molecule has 1 aliphatic rings. The van der Waals surface area contributed by atoms with Crippen LogP contribution in [-0.4, -0.2) is 73.9 Å². The number of pyridine rings is 1. The maximum Gasteiger partial charge on any atom is 0.305 e. The molecule has 6 aromatic rings. The van der Waals surface area contributed by atoms with E-state index < -0.39 is 66.3 Å². The van der Waals surface area contributed by atoms with Crippen LogP contribution in [0.1, 0.15) is 105 Å². The minimum Gasteiger partial charge on any atom is -0.481 e. The molecule has 1 saturated heterocycles. The lowest BCUT2D eigenvalue weighted by Gasteiger charge is -2.38. The van der Waals surface area contributed by atoms with E-state index in [1.54, 1.807) is 73.8 Å². The van der Waals surface area contributed by atoms with Crippen LogP contribution in [0, 0.1) is 30.1 Å². The summed E-state index contributed by atoms with van der Waals surface area (Å²) in [5.41, 5.74) is 4.93. The van der Waals surface area contributed by atoms with Gasteiger partial charge in [0, 0.05) is 24.5 Å². The van der Waals surface area contributed by atoms with Gasteiger partial charge in [-0.3, -0.25) is 33.3 Å². The van der Waals surface area contributed by atoms with Crippen LogP contribution in [0.3, 0.4) is 0 Å². The highest BCUT2D eigenvalue weighted by Crippen LogP contribution is 2.31. The van der Waals surface area contributed by atoms with E-state index in [0.29, 0.717) is 71.3 Å². The molecule has 1 aliphatic heterocycles. The molecule has 0 saturated carbocycles. The molecule has 2 aromatic heterocycles. The number of nitriles is 1. The van der Waals surface area contributed by atoms with Crippen molar-refractivity contribution in [2.24, 2.45) is 11.8 Å². The van der Waals surface area contributed by atoms with Crippen LogP contribution in [0.25, 0.3) is 22.0 Å². The average molecular weight is 976 g/mol. The summed E-state index contributed by atoms with van der Waals surface area (Å²) >= 11 is 0. The molecular formula is C56H61N7O9. The number of carboxylic acid groups (broad SMARTS) is 2. The van der Waals surface area contributed by atoms with Crippen LogP contribution >= 0.6 is 0 Å². The molecule has 0 aliphatic carbocycles. The number of nitrogens with one attached hydrogen (secondary N) is 2. The van der Waals surface area contributed by atoms with Crippen molar-refractivity contribution in [3.05, 3.63) is 164 Å². The van der Waals surface area contributed by atoms with Gasteiger partial charge in [0.15, 0.2) is 0 Å². The number of anilines is 1. The van der Waals surface area contributed by atoms with Crippen LogP contribution in [0.15, 0.2) is 125 Å². The number of hydrogen-bond acceptors (Lipinski definition) is 10. The first-order chi connectivity index (χ1) is 34.5. The van der Waals surface area contributed by atoms with Gasteiger partial charge in [-0.15, -0.1) is 0 Å². The molecule has 0 unspecified atom stereocenters. The lowest BCUT2D eigenvalue weighted by atomic mass is 9.95. The zero-order chi connectivity index (χ0) is 51.6. The highest BCUT2D eigenvalue weighted by Gasteiger charge is 2.31. The molecule has 4 N–H and O–H groups in total. The Labute approximate surface area is 417 Å². The van der Waals surface area contributed by atoms with E-state index in [1.165, 1.54) is 21.5 Å². The van der Waals surface area contributed by atoms with E-state index in [0.717, 1.165) is 16.8 Å². The molecule has 2 amide bonds. The number of carboxylic acids is 2. The average Bonchev–Trinajstić information content (AvgIpc) is 3.35. The molecule has 0 spiro atoms. The lowest BCUT2D eigenvalue weighted by Crippen LogP contribution is -2.47. The van der Waals surface area contributed by atoms with E-state index in [4.69, 9.17) is 4.74 Å². The number of carbonyl (C=O) groups excluding carboxylic acids is 2. The number of amides is 2. The number of aromatic nitrogens is 3. The molecule has 3 heterocycles. The number of hydrogen-bond donors (Lipinski definition) is 4. The fourth-order valence-corrected chi connectivity index (χ4v) is 9.47. The van der Waals surface area contributed by atoms with Crippen molar-refractivity contribution in [1.29, 1.82) is 5.26 Å². The van der Waals surface area contributed by atoms with Gasteiger partial charge in [-0.25, -0.2) is 4.98 Å². The van der Waals surface area contributed by atoms with Gasteiger partial charge in [-0.1, -0.05) is 82.3 Å². The number of ether oxygens (including phenoxy) is 1. The van der Waals surface area contributed by atoms with E-state index in [9.17, 15) is 44.2 Å². The normalized spacial score (nSPS) is 15.4. The van der Waals surface area contributed by atoms with E-state index in [1.807, 2.05) is 64.1 Å². The van der Waals surface area contributed by atoms with Gasteiger partial charge >= 0.3 is 11.9 Å². The summed E-state index contributed by atoms with van der Waals surface area (Å²) in [6.45, 7) is 10.8. The molecule has 5 atom stereocenters. The Bertz CT molecular complexity index is 3120.